The molecule has 1 aromatic heterocycles. The van der Waals surface area contributed by atoms with E-state index in [0.717, 1.165) is 17.1 Å². The van der Waals surface area contributed by atoms with E-state index in [4.69, 9.17) is 10.00 Å². The zero-order chi connectivity index (χ0) is 18.8. The van der Waals surface area contributed by atoms with Crippen molar-refractivity contribution < 1.29 is 9.53 Å². The Morgan fingerprint density at radius 2 is 1.85 bits per heavy atom. The molecule has 1 atom stereocenters. The van der Waals surface area contributed by atoms with Crippen LogP contribution in [0.4, 0.5) is 11.4 Å². The van der Waals surface area contributed by atoms with Crippen molar-refractivity contribution in [3.63, 3.8) is 0 Å². The second-order valence-corrected chi connectivity index (χ2v) is 6.05. The van der Waals surface area contributed by atoms with Crippen LogP contribution in [0.5, 0.6) is 5.75 Å². The molecular formula is C21H16N4O2. The molecule has 2 aromatic carbocycles. The molecule has 1 aliphatic heterocycles. The molecule has 2 heterocycles. The number of hydrogen-bond acceptors (Lipinski definition) is 5. The van der Waals surface area contributed by atoms with Crippen LogP contribution in [-0.2, 0) is 0 Å². The predicted molar refractivity (Wildman–Crippen MR) is 102 cm³/mol. The monoisotopic (exact) mass is 356 g/mol. The molecule has 1 amide bonds. The number of benzene rings is 2. The zero-order valence-corrected chi connectivity index (χ0v) is 14.6. The first-order valence-electron chi connectivity index (χ1n) is 8.40. The van der Waals surface area contributed by atoms with Crippen molar-refractivity contribution in [2.24, 2.45) is 0 Å². The van der Waals surface area contributed by atoms with Crippen molar-refractivity contribution in [3.05, 3.63) is 83.7 Å². The standard InChI is InChI=1S/C21H16N4O2/c1-27-17-10-8-16(9-11-17)25-20(19-18(21(25)26)3-2-12-23-19)24-15-6-4-14(13-22)5-7-15/h2-12,20,24H,1H3. The second kappa shape index (κ2) is 6.81. The Kier molecular flexibility index (Phi) is 4.19. The van der Waals surface area contributed by atoms with Gasteiger partial charge >= 0.3 is 0 Å². The molecule has 1 N–H and O–H groups in total. The molecule has 3 aromatic rings. The smallest absolute Gasteiger partial charge is 0.262 e. The van der Waals surface area contributed by atoms with E-state index in [9.17, 15) is 4.79 Å². The van der Waals surface area contributed by atoms with Crippen molar-refractivity contribution in [2.75, 3.05) is 17.3 Å². The van der Waals surface area contributed by atoms with Crippen LogP contribution >= 0.6 is 0 Å². The minimum Gasteiger partial charge on any atom is -0.497 e. The number of rotatable bonds is 4. The average Bonchev–Trinajstić information content (AvgIpc) is 3.01. The molecule has 1 unspecified atom stereocenters. The summed E-state index contributed by atoms with van der Waals surface area (Å²) in [5, 5.41) is 12.3. The maximum atomic E-state index is 13.0. The zero-order valence-electron chi connectivity index (χ0n) is 14.6. The molecule has 0 aliphatic carbocycles. The van der Waals surface area contributed by atoms with Crippen molar-refractivity contribution in [1.29, 1.82) is 5.26 Å². The van der Waals surface area contributed by atoms with E-state index in [2.05, 4.69) is 16.4 Å². The lowest BCUT2D eigenvalue weighted by Crippen LogP contribution is -2.32. The van der Waals surface area contributed by atoms with E-state index in [1.165, 1.54) is 0 Å². The summed E-state index contributed by atoms with van der Waals surface area (Å²) in [7, 11) is 1.60. The van der Waals surface area contributed by atoms with Crippen molar-refractivity contribution in [1.82, 2.24) is 4.98 Å². The maximum Gasteiger partial charge on any atom is 0.262 e. The molecule has 0 fully saturated rings. The minimum absolute atomic E-state index is 0.116. The van der Waals surface area contributed by atoms with Crippen molar-refractivity contribution in [2.45, 2.75) is 6.17 Å². The number of nitrogens with one attached hydrogen (secondary N) is 1. The van der Waals surface area contributed by atoms with Crippen LogP contribution in [-0.4, -0.2) is 18.0 Å². The summed E-state index contributed by atoms with van der Waals surface area (Å²) in [4.78, 5) is 19.1. The first kappa shape index (κ1) is 16.6. The van der Waals surface area contributed by atoms with Gasteiger partial charge in [0.05, 0.1) is 30.0 Å². The average molecular weight is 356 g/mol. The summed E-state index contributed by atoms with van der Waals surface area (Å²) in [6.07, 6.45) is 1.23. The molecular weight excluding hydrogens is 340 g/mol. The SMILES string of the molecule is COc1ccc(N2C(=O)c3cccnc3C2Nc2ccc(C#N)cc2)cc1. The summed E-state index contributed by atoms with van der Waals surface area (Å²) >= 11 is 0. The largest absolute Gasteiger partial charge is 0.497 e. The van der Waals surface area contributed by atoms with Gasteiger partial charge in [0.15, 0.2) is 6.17 Å². The lowest BCUT2D eigenvalue weighted by molar-refractivity contribution is 0.0993. The number of ether oxygens (including phenoxy) is 1. The van der Waals surface area contributed by atoms with E-state index in [1.807, 2.05) is 36.4 Å². The van der Waals surface area contributed by atoms with Crippen molar-refractivity contribution in [3.8, 4) is 11.8 Å². The molecule has 27 heavy (non-hydrogen) atoms. The molecule has 0 saturated heterocycles. The van der Waals surface area contributed by atoms with Gasteiger partial charge in [-0.25, -0.2) is 0 Å². The summed E-state index contributed by atoms with van der Waals surface area (Å²) in [5.41, 5.74) is 3.35. The quantitative estimate of drug-likeness (QED) is 0.770. The van der Waals surface area contributed by atoms with E-state index >= 15 is 0 Å². The fraction of sp³-hybridized carbons (Fsp3) is 0.0952. The number of carbonyl (C=O) groups is 1. The van der Waals surface area contributed by atoms with Gasteiger partial charge in [0.2, 0.25) is 0 Å². The van der Waals surface area contributed by atoms with Crippen LogP contribution in [0.25, 0.3) is 0 Å². The molecule has 6 nitrogen and oxygen atoms in total. The van der Waals surface area contributed by atoms with Gasteiger partial charge < -0.3 is 10.1 Å². The number of anilines is 2. The molecule has 132 valence electrons. The molecule has 0 radical (unpaired) electrons. The summed E-state index contributed by atoms with van der Waals surface area (Å²) in [5.74, 6) is 0.604. The van der Waals surface area contributed by atoms with Gasteiger partial charge in [-0.2, -0.15) is 5.26 Å². The number of pyridine rings is 1. The number of fused-ring (bicyclic) bond motifs is 1. The molecule has 0 bridgehead atoms. The lowest BCUT2D eigenvalue weighted by Gasteiger charge is -2.26. The van der Waals surface area contributed by atoms with Crippen LogP contribution in [0.15, 0.2) is 66.9 Å². The number of nitriles is 1. The third-order valence-corrected chi connectivity index (χ3v) is 4.47. The van der Waals surface area contributed by atoms with E-state index in [-0.39, 0.29) is 5.91 Å². The Balaban J connectivity index is 1.73. The number of amides is 1. The Morgan fingerprint density at radius 3 is 2.52 bits per heavy atom. The van der Waals surface area contributed by atoms with Crippen LogP contribution in [0.2, 0.25) is 0 Å². The third-order valence-electron chi connectivity index (χ3n) is 4.47. The Bertz CT molecular complexity index is 1020. The van der Waals surface area contributed by atoms with Crippen LogP contribution < -0.4 is 15.0 Å². The molecule has 4 rings (SSSR count). The Labute approximate surface area is 156 Å². The normalized spacial score (nSPS) is 15.2. The Morgan fingerprint density at radius 1 is 1.11 bits per heavy atom. The summed E-state index contributed by atoms with van der Waals surface area (Å²) < 4.78 is 5.21. The fourth-order valence-electron chi connectivity index (χ4n) is 3.13. The summed E-state index contributed by atoms with van der Waals surface area (Å²) in [6, 6.07) is 20.1. The molecule has 0 saturated carbocycles. The highest BCUT2D eigenvalue weighted by atomic mass is 16.5. The second-order valence-electron chi connectivity index (χ2n) is 6.05. The van der Waals surface area contributed by atoms with E-state index < -0.39 is 6.17 Å². The van der Waals surface area contributed by atoms with Gasteiger partial charge in [0.1, 0.15) is 5.75 Å². The van der Waals surface area contributed by atoms with Gasteiger partial charge in [0, 0.05) is 17.6 Å². The highest BCUT2D eigenvalue weighted by Crippen LogP contribution is 2.37. The van der Waals surface area contributed by atoms with E-state index in [1.54, 1.807) is 42.5 Å². The number of carbonyl (C=O) groups excluding carboxylic acids is 1. The first-order valence-corrected chi connectivity index (χ1v) is 8.40. The van der Waals surface area contributed by atoms with Gasteiger partial charge in [0.25, 0.3) is 5.91 Å². The maximum absolute atomic E-state index is 13.0. The minimum atomic E-state index is -0.449. The number of aromatic nitrogens is 1. The predicted octanol–water partition coefficient (Wildman–Crippen LogP) is 3.73. The van der Waals surface area contributed by atoms with Gasteiger partial charge in [-0.15, -0.1) is 0 Å². The van der Waals surface area contributed by atoms with Gasteiger partial charge in [-0.1, -0.05) is 0 Å². The van der Waals surface area contributed by atoms with Crippen molar-refractivity contribution >= 4 is 17.3 Å². The van der Waals surface area contributed by atoms with Crippen LogP contribution in [0, 0.1) is 11.3 Å². The number of hydrogen-bond donors (Lipinski definition) is 1. The molecule has 6 heteroatoms. The summed E-state index contributed by atoms with van der Waals surface area (Å²) in [6.45, 7) is 0. The first-order chi connectivity index (χ1) is 13.2. The lowest BCUT2D eigenvalue weighted by atomic mass is 10.2. The number of nitrogens with zero attached hydrogens (tertiary/aromatic N) is 3. The number of methoxy groups -OCH3 is 1. The van der Waals surface area contributed by atoms with Crippen LogP contribution in [0.3, 0.4) is 0 Å². The van der Waals surface area contributed by atoms with Gasteiger partial charge in [-0.05, 0) is 60.7 Å². The Hall–Kier alpha value is -3.85. The third kappa shape index (κ3) is 2.96. The molecule has 0 spiro atoms. The van der Waals surface area contributed by atoms with Gasteiger partial charge in [-0.3, -0.25) is 14.7 Å². The topological polar surface area (TPSA) is 78.2 Å². The van der Waals surface area contributed by atoms with Crippen LogP contribution in [0.1, 0.15) is 27.8 Å². The van der Waals surface area contributed by atoms with E-state index in [0.29, 0.717) is 16.8 Å². The fourth-order valence-corrected chi connectivity index (χ4v) is 3.13. The highest BCUT2D eigenvalue weighted by Gasteiger charge is 2.38. The highest BCUT2D eigenvalue weighted by molar-refractivity contribution is 6.11. The molecule has 1 aliphatic rings.